The highest BCUT2D eigenvalue weighted by molar-refractivity contribution is 7.91. The summed E-state index contributed by atoms with van der Waals surface area (Å²) in [7, 11) is -0.0648. The van der Waals surface area contributed by atoms with Gasteiger partial charge in [-0.25, -0.2) is 18.1 Å². The number of carbonyl (C=O) groups excluding carboxylic acids is 1. The summed E-state index contributed by atoms with van der Waals surface area (Å²) in [6.45, 7) is 2.23. The summed E-state index contributed by atoms with van der Waals surface area (Å²) in [6.07, 6.45) is 0.437. The van der Waals surface area contributed by atoms with Crippen molar-refractivity contribution in [3.63, 3.8) is 0 Å². The molecule has 12 heteroatoms. The summed E-state index contributed by atoms with van der Waals surface area (Å²) in [5.74, 6) is 2.15. The first-order chi connectivity index (χ1) is 19.3. The Hall–Kier alpha value is -4.32. The maximum Gasteiger partial charge on any atom is 0.252 e. The van der Waals surface area contributed by atoms with Gasteiger partial charge in [-0.1, -0.05) is 6.07 Å². The Morgan fingerprint density at radius 1 is 1.07 bits per heavy atom. The van der Waals surface area contributed by atoms with E-state index in [9.17, 15) is 13.2 Å². The molecule has 1 N–H and O–H groups in total. The largest absolute Gasteiger partial charge is 0.493 e. The smallest absolute Gasteiger partial charge is 0.252 e. The quantitative estimate of drug-likeness (QED) is 0.359. The minimum atomic E-state index is -3.17. The molecule has 2 aliphatic heterocycles. The molecule has 6 rings (SSSR count). The minimum Gasteiger partial charge on any atom is -0.493 e. The Bertz CT molecular complexity index is 1750. The lowest BCUT2D eigenvalue weighted by Gasteiger charge is -2.14. The third-order valence-electron chi connectivity index (χ3n) is 7.21. The van der Waals surface area contributed by atoms with Crippen molar-refractivity contribution in [1.82, 2.24) is 20.1 Å². The molecule has 4 aromatic rings. The van der Waals surface area contributed by atoms with Crippen LogP contribution in [-0.4, -0.2) is 61.6 Å². The van der Waals surface area contributed by atoms with Crippen LogP contribution in [0.25, 0.3) is 22.3 Å². The molecular formula is C28H28N4O7S. The van der Waals surface area contributed by atoms with Crippen molar-refractivity contribution in [3.8, 4) is 34.3 Å². The highest BCUT2D eigenvalue weighted by atomic mass is 32.2. The lowest BCUT2D eigenvalue weighted by atomic mass is 10.0. The normalized spacial score (nSPS) is 17.2. The first-order valence-electron chi connectivity index (χ1n) is 12.8. The number of aromatic nitrogens is 3. The fraction of sp³-hybridized carbons (Fsp3) is 0.321. The van der Waals surface area contributed by atoms with Crippen molar-refractivity contribution in [1.29, 1.82) is 0 Å². The van der Waals surface area contributed by atoms with Gasteiger partial charge < -0.3 is 24.3 Å². The topological polar surface area (TPSA) is 131 Å². The van der Waals surface area contributed by atoms with Crippen molar-refractivity contribution in [3.05, 3.63) is 59.3 Å². The van der Waals surface area contributed by atoms with Crippen LogP contribution in [0.2, 0.25) is 0 Å². The van der Waals surface area contributed by atoms with Crippen molar-refractivity contribution in [2.75, 3.05) is 32.5 Å². The summed E-state index contributed by atoms with van der Waals surface area (Å²) in [5, 5.41) is 8.25. The molecule has 1 amide bonds. The first-order valence-corrected chi connectivity index (χ1v) is 14.6. The molecule has 2 aromatic carbocycles. The van der Waals surface area contributed by atoms with Crippen LogP contribution in [0.15, 0.2) is 42.5 Å². The fourth-order valence-corrected chi connectivity index (χ4v) is 6.88. The second-order valence-electron chi connectivity index (χ2n) is 9.78. The van der Waals surface area contributed by atoms with E-state index >= 15 is 0 Å². The second-order valence-corrected chi connectivity index (χ2v) is 12.0. The molecule has 0 spiro atoms. The van der Waals surface area contributed by atoms with Crippen LogP contribution < -0.4 is 24.3 Å². The molecule has 11 nitrogen and oxygen atoms in total. The molecule has 0 radical (unpaired) electrons. The average Bonchev–Trinajstić information content (AvgIpc) is 3.67. The molecule has 2 aromatic heterocycles. The van der Waals surface area contributed by atoms with E-state index in [2.05, 4.69) is 10.4 Å². The van der Waals surface area contributed by atoms with Gasteiger partial charge in [-0.05, 0) is 55.3 Å². The number of aryl methyl sites for hydroxylation is 1. The number of nitrogens with zero attached hydrogens (tertiary/aromatic N) is 3. The number of fused-ring (bicyclic) bond motifs is 2. The van der Waals surface area contributed by atoms with Crippen LogP contribution in [0, 0.1) is 6.92 Å². The van der Waals surface area contributed by atoms with E-state index < -0.39 is 9.84 Å². The van der Waals surface area contributed by atoms with Gasteiger partial charge in [-0.2, -0.15) is 5.10 Å². The van der Waals surface area contributed by atoms with Crippen LogP contribution in [0.1, 0.15) is 34.1 Å². The lowest BCUT2D eigenvalue weighted by Crippen LogP contribution is -2.23. The van der Waals surface area contributed by atoms with Gasteiger partial charge in [-0.3, -0.25) is 4.79 Å². The molecule has 0 saturated carbocycles. The van der Waals surface area contributed by atoms with Crippen LogP contribution in [0.4, 0.5) is 0 Å². The highest BCUT2D eigenvalue weighted by Gasteiger charge is 2.32. The Kier molecular flexibility index (Phi) is 6.49. The molecule has 1 atom stereocenters. The number of rotatable bonds is 7. The number of hydrogen-bond donors (Lipinski definition) is 1. The van der Waals surface area contributed by atoms with E-state index in [1.54, 1.807) is 44.0 Å². The minimum absolute atomic E-state index is 0.0167. The third-order valence-corrected chi connectivity index (χ3v) is 8.96. The van der Waals surface area contributed by atoms with Crippen molar-refractivity contribution >= 4 is 26.8 Å². The summed E-state index contributed by atoms with van der Waals surface area (Å²) < 4.78 is 47.9. The molecule has 1 saturated heterocycles. The summed E-state index contributed by atoms with van der Waals surface area (Å²) in [4.78, 5) is 18.6. The standard InChI is InChI=1S/C28H28N4O7S/c1-16-26-20(28(33)29-13-17-4-6-23-25(10-17)39-15-38-23)12-21(18-5-7-22(36-2)24(11-18)37-3)30-27(26)32(31-16)19-8-9-40(34,35)14-19/h4-7,10-12,19H,8-9,13-15H2,1-3H3,(H,29,33). The number of hydrogen-bond acceptors (Lipinski definition) is 9. The SMILES string of the molecule is COc1ccc(-c2cc(C(=O)NCc3ccc4c(c3)OCO4)c3c(C)nn(C4CCS(=O)(=O)C4)c3n2)cc1OC. The van der Waals surface area contributed by atoms with E-state index in [1.165, 1.54) is 0 Å². The van der Waals surface area contributed by atoms with Crippen molar-refractivity contribution < 1.29 is 32.2 Å². The van der Waals surface area contributed by atoms with Gasteiger partial charge in [0.1, 0.15) is 0 Å². The Labute approximate surface area is 230 Å². The number of pyridine rings is 1. The van der Waals surface area contributed by atoms with E-state index in [1.807, 2.05) is 24.3 Å². The number of carbonyl (C=O) groups is 1. The summed E-state index contributed by atoms with van der Waals surface area (Å²) >= 11 is 0. The Morgan fingerprint density at radius 2 is 1.88 bits per heavy atom. The van der Waals surface area contributed by atoms with Gasteiger partial charge in [0.05, 0.1) is 54.1 Å². The number of amides is 1. The van der Waals surface area contributed by atoms with Crippen molar-refractivity contribution in [2.24, 2.45) is 0 Å². The molecule has 4 heterocycles. The number of nitrogens with one attached hydrogen (secondary N) is 1. The van der Waals surface area contributed by atoms with Gasteiger partial charge in [0, 0.05) is 12.1 Å². The van der Waals surface area contributed by atoms with E-state index in [0.717, 1.165) is 5.56 Å². The predicted octanol–water partition coefficient (Wildman–Crippen LogP) is 3.44. The average molecular weight is 565 g/mol. The third kappa shape index (κ3) is 4.68. The zero-order chi connectivity index (χ0) is 28.0. The maximum atomic E-state index is 13.7. The molecule has 40 heavy (non-hydrogen) atoms. The Balaban J connectivity index is 1.43. The maximum absolute atomic E-state index is 13.7. The molecule has 1 fully saturated rings. The summed E-state index contributed by atoms with van der Waals surface area (Å²) in [6, 6.07) is 12.3. The molecule has 0 bridgehead atoms. The summed E-state index contributed by atoms with van der Waals surface area (Å²) in [5.41, 5.74) is 3.52. The van der Waals surface area contributed by atoms with Crippen LogP contribution >= 0.6 is 0 Å². The number of benzene rings is 2. The monoisotopic (exact) mass is 564 g/mol. The fourth-order valence-electron chi connectivity index (χ4n) is 5.19. The zero-order valence-corrected chi connectivity index (χ0v) is 23.1. The molecule has 208 valence electrons. The van der Waals surface area contributed by atoms with Crippen LogP contribution in [0.5, 0.6) is 23.0 Å². The molecule has 2 aliphatic rings. The van der Waals surface area contributed by atoms with E-state index in [4.69, 9.17) is 23.9 Å². The van der Waals surface area contributed by atoms with Crippen molar-refractivity contribution in [2.45, 2.75) is 25.9 Å². The first kappa shape index (κ1) is 25.9. The van der Waals surface area contributed by atoms with Gasteiger partial charge in [0.25, 0.3) is 5.91 Å². The number of methoxy groups -OCH3 is 2. The Morgan fingerprint density at radius 3 is 2.62 bits per heavy atom. The van der Waals surface area contributed by atoms with Crippen LogP contribution in [0.3, 0.4) is 0 Å². The molecule has 1 unspecified atom stereocenters. The van der Waals surface area contributed by atoms with E-state index in [-0.39, 0.29) is 36.8 Å². The number of ether oxygens (including phenoxy) is 4. The van der Waals surface area contributed by atoms with Gasteiger partial charge in [-0.15, -0.1) is 0 Å². The van der Waals surface area contributed by atoms with Crippen LogP contribution in [-0.2, 0) is 16.4 Å². The second kappa shape index (κ2) is 10.0. The highest BCUT2D eigenvalue weighted by Crippen LogP contribution is 2.36. The zero-order valence-electron chi connectivity index (χ0n) is 22.3. The van der Waals surface area contributed by atoms with E-state index in [0.29, 0.717) is 63.0 Å². The van der Waals surface area contributed by atoms with Gasteiger partial charge >= 0.3 is 0 Å². The molecular weight excluding hydrogens is 536 g/mol. The lowest BCUT2D eigenvalue weighted by molar-refractivity contribution is 0.0952. The number of sulfone groups is 1. The predicted molar refractivity (Wildman–Crippen MR) is 147 cm³/mol. The molecule has 0 aliphatic carbocycles. The van der Waals surface area contributed by atoms with Gasteiger partial charge in [0.15, 0.2) is 38.5 Å². The van der Waals surface area contributed by atoms with Gasteiger partial charge in [0.2, 0.25) is 6.79 Å².